The molecule has 0 saturated carbocycles. The molecular formula is C31H24ClNO4. The predicted octanol–water partition coefficient (Wildman–Crippen LogP) is 7.39. The Labute approximate surface area is 219 Å². The Morgan fingerprint density at radius 1 is 0.946 bits per heavy atom. The van der Waals surface area contributed by atoms with Crippen LogP contribution in [0.3, 0.4) is 0 Å². The summed E-state index contributed by atoms with van der Waals surface area (Å²) in [5.41, 5.74) is 5.17. The van der Waals surface area contributed by atoms with E-state index in [-0.39, 0.29) is 23.1 Å². The Kier molecular flexibility index (Phi) is 5.93. The molecule has 4 aromatic rings. The number of methoxy groups -OCH3 is 1. The first-order valence-corrected chi connectivity index (χ1v) is 12.6. The van der Waals surface area contributed by atoms with Gasteiger partial charge in [-0.15, -0.1) is 0 Å². The van der Waals surface area contributed by atoms with Gasteiger partial charge in [-0.3, -0.25) is 4.79 Å². The van der Waals surface area contributed by atoms with Crippen molar-refractivity contribution in [1.29, 1.82) is 0 Å². The van der Waals surface area contributed by atoms with Gasteiger partial charge in [0.2, 0.25) is 0 Å². The van der Waals surface area contributed by atoms with Crippen molar-refractivity contribution in [3.8, 4) is 11.5 Å². The van der Waals surface area contributed by atoms with Crippen LogP contribution in [0, 0.1) is 0 Å². The number of carbonyl (C=O) groups is 2. The van der Waals surface area contributed by atoms with Crippen LogP contribution in [0.2, 0.25) is 5.02 Å². The lowest BCUT2D eigenvalue weighted by molar-refractivity contribution is -0.116. The number of benzene rings is 4. The highest BCUT2D eigenvalue weighted by atomic mass is 35.5. The van der Waals surface area contributed by atoms with Crippen molar-refractivity contribution in [3.05, 3.63) is 106 Å². The first kappa shape index (κ1) is 23.3. The number of hydrogen-bond donors (Lipinski definition) is 1. The van der Waals surface area contributed by atoms with Crippen molar-refractivity contribution >= 4 is 45.4 Å². The van der Waals surface area contributed by atoms with Gasteiger partial charge in [-0.05, 0) is 65.1 Å². The third kappa shape index (κ3) is 4.05. The molecule has 1 aliphatic heterocycles. The zero-order valence-corrected chi connectivity index (χ0v) is 21.0. The number of nitrogens with one attached hydrogen (secondary N) is 1. The summed E-state index contributed by atoms with van der Waals surface area (Å²) in [6, 6.07) is 24.3. The summed E-state index contributed by atoms with van der Waals surface area (Å²) in [5.74, 6) is 0.267. The van der Waals surface area contributed by atoms with Crippen molar-refractivity contribution in [2.45, 2.75) is 25.3 Å². The normalized spacial score (nSPS) is 16.6. The zero-order valence-electron chi connectivity index (χ0n) is 20.2. The van der Waals surface area contributed by atoms with Crippen LogP contribution in [0.25, 0.3) is 16.3 Å². The maximum Gasteiger partial charge on any atom is 0.345 e. The molecule has 37 heavy (non-hydrogen) atoms. The maximum atomic E-state index is 13.3. The lowest BCUT2D eigenvalue weighted by Crippen LogP contribution is -2.27. The SMILES string of the molecule is COc1cc(C2Nc3ccc4ccccc4c3C3=C2C(=O)CCC3)ccc1OC(=O)c1ccccc1Cl. The van der Waals surface area contributed by atoms with E-state index in [9.17, 15) is 9.59 Å². The van der Waals surface area contributed by atoms with Gasteiger partial charge in [0, 0.05) is 23.2 Å². The quantitative estimate of drug-likeness (QED) is 0.229. The minimum atomic E-state index is -0.569. The molecule has 1 N–H and O–H groups in total. The molecule has 6 heteroatoms. The highest BCUT2D eigenvalue weighted by Crippen LogP contribution is 2.48. The molecule has 1 unspecified atom stereocenters. The van der Waals surface area contributed by atoms with Crippen molar-refractivity contribution in [2.75, 3.05) is 12.4 Å². The lowest BCUT2D eigenvalue weighted by Gasteiger charge is -2.35. The Morgan fingerprint density at radius 2 is 1.76 bits per heavy atom. The largest absolute Gasteiger partial charge is 0.493 e. The van der Waals surface area contributed by atoms with Crippen LogP contribution in [-0.2, 0) is 4.79 Å². The van der Waals surface area contributed by atoms with E-state index in [0.29, 0.717) is 17.2 Å². The van der Waals surface area contributed by atoms with E-state index in [2.05, 4.69) is 29.6 Å². The summed E-state index contributed by atoms with van der Waals surface area (Å²) in [7, 11) is 1.53. The van der Waals surface area contributed by atoms with Crippen LogP contribution in [-0.4, -0.2) is 18.9 Å². The van der Waals surface area contributed by atoms with E-state index in [1.54, 1.807) is 30.3 Å². The number of esters is 1. The molecule has 184 valence electrons. The number of halogens is 1. The van der Waals surface area contributed by atoms with Gasteiger partial charge in [0.1, 0.15) is 0 Å². The van der Waals surface area contributed by atoms with Gasteiger partial charge in [0.05, 0.1) is 23.7 Å². The third-order valence-electron chi connectivity index (χ3n) is 7.09. The summed E-state index contributed by atoms with van der Waals surface area (Å²) >= 11 is 6.16. The van der Waals surface area contributed by atoms with Gasteiger partial charge in [-0.25, -0.2) is 4.79 Å². The summed E-state index contributed by atoms with van der Waals surface area (Å²) < 4.78 is 11.2. The van der Waals surface area contributed by atoms with E-state index < -0.39 is 5.97 Å². The topological polar surface area (TPSA) is 64.6 Å². The average Bonchev–Trinajstić information content (AvgIpc) is 2.92. The van der Waals surface area contributed by atoms with E-state index >= 15 is 0 Å². The molecule has 1 atom stereocenters. The van der Waals surface area contributed by atoms with Gasteiger partial charge in [0.15, 0.2) is 17.3 Å². The number of hydrogen-bond acceptors (Lipinski definition) is 5. The fraction of sp³-hybridized carbons (Fsp3) is 0.161. The molecule has 6 rings (SSSR count). The highest BCUT2D eigenvalue weighted by Gasteiger charge is 2.35. The van der Waals surface area contributed by atoms with Crippen LogP contribution in [0.4, 0.5) is 5.69 Å². The molecule has 0 spiro atoms. The molecule has 0 aromatic heterocycles. The molecule has 5 nitrogen and oxygen atoms in total. The van der Waals surface area contributed by atoms with Gasteiger partial charge in [-0.1, -0.05) is 60.1 Å². The van der Waals surface area contributed by atoms with Crippen LogP contribution in [0.5, 0.6) is 11.5 Å². The van der Waals surface area contributed by atoms with Gasteiger partial charge >= 0.3 is 5.97 Å². The number of anilines is 1. The molecule has 0 bridgehead atoms. The highest BCUT2D eigenvalue weighted by molar-refractivity contribution is 6.33. The third-order valence-corrected chi connectivity index (χ3v) is 7.42. The van der Waals surface area contributed by atoms with Gasteiger partial charge in [0.25, 0.3) is 0 Å². The fourth-order valence-corrected chi connectivity index (χ4v) is 5.60. The maximum absolute atomic E-state index is 13.3. The Bertz CT molecular complexity index is 1610. The molecule has 4 aromatic carbocycles. The number of Topliss-reactive ketones (excluding diaryl/α,β-unsaturated/α-hetero) is 1. The second-order valence-corrected chi connectivity index (χ2v) is 9.64. The Morgan fingerprint density at radius 3 is 2.59 bits per heavy atom. The van der Waals surface area contributed by atoms with E-state index in [1.807, 2.05) is 24.3 Å². The van der Waals surface area contributed by atoms with Gasteiger partial charge in [-0.2, -0.15) is 0 Å². The number of fused-ring (bicyclic) bond motifs is 4. The number of ether oxygens (including phenoxy) is 2. The summed E-state index contributed by atoms with van der Waals surface area (Å²) in [6.07, 6.45) is 2.22. The number of carbonyl (C=O) groups excluding carboxylic acids is 2. The molecule has 1 aliphatic carbocycles. The van der Waals surface area contributed by atoms with E-state index in [1.165, 1.54) is 7.11 Å². The number of ketones is 1. The molecule has 1 heterocycles. The summed E-state index contributed by atoms with van der Waals surface area (Å²) in [4.78, 5) is 26.0. The van der Waals surface area contributed by atoms with Gasteiger partial charge < -0.3 is 14.8 Å². The lowest BCUT2D eigenvalue weighted by atomic mass is 9.77. The first-order chi connectivity index (χ1) is 18.0. The predicted molar refractivity (Wildman–Crippen MR) is 145 cm³/mol. The standard InChI is InChI=1S/C31H24ClNO4/c1-36-27-17-19(14-16-26(27)37-31(35)21-9-4-5-11-23(21)32)30-29-22(10-6-12-25(29)34)28-20-8-3-2-7-18(20)13-15-24(28)33-30/h2-5,7-9,11,13-17,30,33H,6,10,12H2,1H3. The smallest absolute Gasteiger partial charge is 0.345 e. The van der Waals surface area contributed by atoms with Crippen LogP contribution in [0.15, 0.2) is 84.4 Å². The first-order valence-electron chi connectivity index (χ1n) is 12.2. The molecule has 2 aliphatic rings. The van der Waals surface area contributed by atoms with E-state index in [4.69, 9.17) is 21.1 Å². The number of rotatable bonds is 4. The Balaban J connectivity index is 1.41. The van der Waals surface area contributed by atoms with Crippen LogP contribution < -0.4 is 14.8 Å². The van der Waals surface area contributed by atoms with Crippen LogP contribution in [0.1, 0.15) is 46.8 Å². The fourth-order valence-electron chi connectivity index (χ4n) is 5.38. The second-order valence-electron chi connectivity index (χ2n) is 9.24. The molecular weight excluding hydrogens is 486 g/mol. The van der Waals surface area contributed by atoms with Crippen molar-refractivity contribution in [2.24, 2.45) is 0 Å². The molecule has 0 amide bonds. The zero-order chi connectivity index (χ0) is 25.5. The van der Waals surface area contributed by atoms with E-state index in [0.717, 1.165) is 51.6 Å². The molecule has 0 fully saturated rings. The summed E-state index contributed by atoms with van der Waals surface area (Å²) in [5, 5.41) is 6.23. The minimum Gasteiger partial charge on any atom is -0.493 e. The second kappa shape index (κ2) is 9.41. The average molecular weight is 510 g/mol. The minimum absolute atomic E-state index is 0.158. The van der Waals surface area contributed by atoms with Crippen molar-refractivity contribution in [3.63, 3.8) is 0 Å². The molecule has 0 saturated heterocycles. The Hall–Kier alpha value is -4.09. The summed E-state index contributed by atoms with van der Waals surface area (Å²) in [6.45, 7) is 0. The molecule has 0 radical (unpaired) electrons. The van der Waals surface area contributed by atoms with Crippen molar-refractivity contribution in [1.82, 2.24) is 0 Å². The van der Waals surface area contributed by atoms with Crippen molar-refractivity contribution < 1.29 is 19.1 Å². The monoisotopic (exact) mass is 509 g/mol. The van der Waals surface area contributed by atoms with Crippen LogP contribution >= 0.6 is 11.6 Å². The number of allylic oxidation sites excluding steroid dienone is 1.